The second-order valence-electron chi connectivity index (χ2n) is 5.23. The number of hydrogen-bond acceptors (Lipinski definition) is 3. The molecule has 0 aromatic heterocycles. The van der Waals surface area contributed by atoms with Crippen LogP contribution in [0.15, 0.2) is 30.3 Å². The van der Waals surface area contributed by atoms with Gasteiger partial charge < -0.3 is 0 Å². The third-order valence-corrected chi connectivity index (χ3v) is 4.01. The number of ketones is 1. The maximum atomic E-state index is 12.3. The highest BCUT2D eigenvalue weighted by Gasteiger charge is 2.40. The van der Waals surface area contributed by atoms with Crippen molar-refractivity contribution in [2.24, 2.45) is 5.41 Å². The van der Waals surface area contributed by atoms with E-state index in [4.69, 9.17) is 5.26 Å². The predicted molar refractivity (Wildman–Crippen MR) is 74.0 cm³/mol. The SMILES string of the molecule is [CH2]CC1(CC#N)CCN(Cc2ccccc2)CC1=O. The number of carbonyl (C=O) groups excluding carboxylic acids is 1. The highest BCUT2D eigenvalue weighted by atomic mass is 16.1. The molecule has 0 bridgehead atoms. The molecule has 1 aromatic carbocycles. The van der Waals surface area contributed by atoms with Crippen LogP contribution in [-0.2, 0) is 11.3 Å². The Morgan fingerprint density at radius 3 is 2.68 bits per heavy atom. The third kappa shape index (κ3) is 3.02. The molecule has 2 rings (SSSR count). The largest absolute Gasteiger partial charge is 0.298 e. The molecule has 19 heavy (non-hydrogen) atoms. The number of nitrogens with zero attached hydrogens (tertiary/aromatic N) is 2. The van der Waals surface area contributed by atoms with Gasteiger partial charge in [0.15, 0.2) is 5.78 Å². The van der Waals surface area contributed by atoms with Crippen molar-refractivity contribution < 1.29 is 4.79 Å². The number of Topliss-reactive ketones (excluding diaryl/α,β-unsaturated/α-hetero) is 1. The van der Waals surface area contributed by atoms with Crippen LogP contribution in [0.3, 0.4) is 0 Å². The number of nitriles is 1. The molecule has 1 aromatic rings. The van der Waals surface area contributed by atoms with E-state index in [9.17, 15) is 4.79 Å². The lowest BCUT2D eigenvalue weighted by atomic mass is 9.73. The topological polar surface area (TPSA) is 44.1 Å². The van der Waals surface area contributed by atoms with E-state index in [1.807, 2.05) is 18.2 Å². The molecule has 1 aliphatic heterocycles. The van der Waals surface area contributed by atoms with Gasteiger partial charge in [-0.05, 0) is 24.9 Å². The number of rotatable bonds is 4. The Kier molecular flexibility index (Phi) is 4.34. The fourth-order valence-corrected chi connectivity index (χ4v) is 2.63. The Morgan fingerprint density at radius 2 is 2.11 bits per heavy atom. The molecule has 3 nitrogen and oxygen atoms in total. The average Bonchev–Trinajstić information content (AvgIpc) is 2.43. The van der Waals surface area contributed by atoms with Gasteiger partial charge in [0.1, 0.15) is 0 Å². The summed E-state index contributed by atoms with van der Waals surface area (Å²) in [5, 5.41) is 8.89. The van der Waals surface area contributed by atoms with Crippen molar-refractivity contribution in [1.82, 2.24) is 4.90 Å². The van der Waals surface area contributed by atoms with Crippen LogP contribution in [0.4, 0.5) is 0 Å². The van der Waals surface area contributed by atoms with Crippen LogP contribution in [0.2, 0.25) is 0 Å². The molecule has 0 spiro atoms. The van der Waals surface area contributed by atoms with E-state index in [-0.39, 0.29) is 5.78 Å². The first-order valence-corrected chi connectivity index (χ1v) is 6.66. The van der Waals surface area contributed by atoms with Crippen molar-refractivity contribution in [3.63, 3.8) is 0 Å². The second-order valence-corrected chi connectivity index (χ2v) is 5.23. The van der Waals surface area contributed by atoms with Gasteiger partial charge in [-0.15, -0.1) is 0 Å². The van der Waals surface area contributed by atoms with E-state index in [1.54, 1.807) is 0 Å². The van der Waals surface area contributed by atoms with Gasteiger partial charge in [0.2, 0.25) is 0 Å². The molecular formula is C16H19N2O. The van der Waals surface area contributed by atoms with Crippen LogP contribution in [0.25, 0.3) is 0 Å². The first-order valence-electron chi connectivity index (χ1n) is 6.66. The number of carbonyl (C=O) groups is 1. The quantitative estimate of drug-likeness (QED) is 0.830. The van der Waals surface area contributed by atoms with Crippen molar-refractivity contribution in [2.45, 2.75) is 25.8 Å². The average molecular weight is 255 g/mol. The van der Waals surface area contributed by atoms with Gasteiger partial charge in [-0.2, -0.15) is 5.26 Å². The van der Waals surface area contributed by atoms with Gasteiger partial charge in [-0.3, -0.25) is 9.69 Å². The predicted octanol–water partition coefficient (Wildman–Crippen LogP) is 2.59. The lowest BCUT2D eigenvalue weighted by Gasteiger charge is -2.38. The molecule has 99 valence electrons. The van der Waals surface area contributed by atoms with Gasteiger partial charge >= 0.3 is 0 Å². The number of benzene rings is 1. The highest BCUT2D eigenvalue weighted by Crippen LogP contribution is 2.35. The summed E-state index contributed by atoms with van der Waals surface area (Å²) in [6.07, 6.45) is 1.57. The van der Waals surface area contributed by atoms with E-state index in [1.165, 1.54) is 5.56 Å². The van der Waals surface area contributed by atoms with E-state index >= 15 is 0 Å². The Bertz CT molecular complexity index is 477. The van der Waals surface area contributed by atoms with Gasteiger partial charge in [-0.25, -0.2) is 0 Å². The van der Waals surface area contributed by atoms with Crippen LogP contribution >= 0.6 is 0 Å². The highest BCUT2D eigenvalue weighted by molar-refractivity contribution is 5.87. The Labute approximate surface area is 114 Å². The number of piperidine rings is 1. The molecule has 1 fully saturated rings. The van der Waals surface area contributed by atoms with Gasteiger partial charge in [0, 0.05) is 18.4 Å². The molecule has 1 atom stereocenters. The summed E-state index contributed by atoms with van der Waals surface area (Å²) in [7, 11) is 0. The monoisotopic (exact) mass is 255 g/mol. The van der Waals surface area contributed by atoms with Gasteiger partial charge in [0.05, 0.1) is 12.6 Å². The first-order chi connectivity index (χ1) is 9.20. The standard InChI is InChI=1S/C16H19N2O/c1-2-16(8-10-17)9-11-18(13-15(16)19)12-14-6-4-3-5-7-14/h3-7H,1-2,8-9,11-13H2. The zero-order chi connectivity index (χ0) is 13.7. The Balaban J connectivity index is 2.00. The molecule has 1 heterocycles. The lowest BCUT2D eigenvalue weighted by Crippen LogP contribution is -2.47. The zero-order valence-corrected chi connectivity index (χ0v) is 11.1. The normalized spacial score (nSPS) is 24.1. The van der Waals surface area contributed by atoms with E-state index in [0.29, 0.717) is 19.4 Å². The van der Waals surface area contributed by atoms with Crippen molar-refractivity contribution >= 4 is 5.78 Å². The molecule has 1 radical (unpaired) electrons. The molecule has 3 heteroatoms. The fourth-order valence-electron chi connectivity index (χ4n) is 2.63. The van der Waals surface area contributed by atoms with Crippen molar-refractivity contribution in [3.8, 4) is 6.07 Å². The minimum Gasteiger partial charge on any atom is -0.298 e. The summed E-state index contributed by atoms with van der Waals surface area (Å²) in [6.45, 7) is 5.96. The van der Waals surface area contributed by atoms with Crippen molar-refractivity contribution in [1.29, 1.82) is 5.26 Å². The number of hydrogen-bond donors (Lipinski definition) is 0. The molecule has 1 aliphatic rings. The minimum absolute atomic E-state index is 0.172. The zero-order valence-electron chi connectivity index (χ0n) is 11.1. The smallest absolute Gasteiger partial charge is 0.154 e. The summed E-state index contributed by atoms with van der Waals surface area (Å²) in [6, 6.07) is 12.3. The van der Waals surface area contributed by atoms with Gasteiger partial charge in [-0.1, -0.05) is 37.3 Å². The van der Waals surface area contributed by atoms with Crippen LogP contribution in [0, 0.1) is 23.7 Å². The van der Waals surface area contributed by atoms with E-state index in [0.717, 1.165) is 19.5 Å². The Hall–Kier alpha value is -1.66. The molecule has 0 saturated carbocycles. The fraction of sp³-hybridized carbons (Fsp3) is 0.438. The molecule has 0 aliphatic carbocycles. The molecular weight excluding hydrogens is 236 g/mol. The summed E-state index contributed by atoms with van der Waals surface area (Å²) in [5.74, 6) is 0.172. The van der Waals surface area contributed by atoms with Crippen LogP contribution in [0.1, 0.15) is 24.8 Å². The maximum Gasteiger partial charge on any atom is 0.154 e. The summed E-state index contributed by atoms with van der Waals surface area (Å²) >= 11 is 0. The van der Waals surface area contributed by atoms with Crippen LogP contribution in [-0.4, -0.2) is 23.8 Å². The summed E-state index contributed by atoms with van der Waals surface area (Å²) < 4.78 is 0. The molecule has 0 amide bonds. The van der Waals surface area contributed by atoms with Gasteiger partial charge in [0.25, 0.3) is 0 Å². The summed E-state index contributed by atoms with van der Waals surface area (Å²) in [5.41, 5.74) is 0.722. The maximum absolute atomic E-state index is 12.3. The molecule has 0 N–H and O–H groups in total. The minimum atomic E-state index is -0.498. The first kappa shape index (κ1) is 13.8. The van der Waals surface area contributed by atoms with E-state index in [2.05, 4.69) is 30.0 Å². The van der Waals surface area contributed by atoms with E-state index < -0.39 is 5.41 Å². The summed E-state index contributed by atoms with van der Waals surface area (Å²) in [4.78, 5) is 14.5. The van der Waals surface area contributed by atoms with Crippen molar-refractivity contribution in [2.75, 3.05) is 13.1 Å². The Morgan fingerprint density at radius 1 is 1.37 bits per heavy atom. The third-order valence-electron chi connectivity index (χ3n) is 4.01. The van der Waals surface area contributed by atoms with Crippen LogP contribution < -0.4 is 0 Å². The second kappa shape index (κ2) is 5.99. The molecule has 1 saturated heterocycles. The van der Waals surface area contributed by atoms with Crippen LogP contribution in [0.5, 0.6) is 0 Å². The lowest BCUT2D eigenvalue weighted by molar-refractivity contribution is -0.134. The molecule has 1 unspecified atom stereocenters. The van der Waals surface area contributed by atoms with Crippen molar-refractivity contribution in [3.05, 3.63) is 42.8 Å². The number of likely N-dealkylation sites (tertiary alicyclic amines) is 1.